The van der Waals surface area contributed by atoms with Gasteiger partial charge in [0.1, 0.15) is 12.4 Å². The summed E-state index contributed by atoms with van der Waals surface area (Å²) in [6.45, 7) is 4.16. The topological polar surface area (TPSA) is 67.8 Å². The molecular weight excluding hydrogens is 402 g/mol. The van der Waals surface area contributed by atoms with Crippen molar-refractivity contribution >= 4 is 6.09 Å². The zero-order valence-electron chi connectivity index (χ0n) is 18.5. The fraction of sp³-hybridized carbons (Fsp3) is 0.296. The summed E-state index contributed by atoms with van der Waals surface area (Å²) in [7, 11) is 0. The summed E-state index contributed by atoms with van der Waals surface area (Å²) in [5.74, 6) is 0.782. The second kappa shape index (κ2) is 9.88. The minimum atomic E-state index is -0.493. The Morgan fingerprint density at radius 3 is 2.09 bits per heavy atom. The molecule has 1 aliphatic rings. The number of hydrogen-bond acceptors (Lipinski definition) is 4. The van der Waals surface area contributed by atoms with Gasteiger partial charge < -0.3 is 19.9 Å². The standard InChI is InChI=1S/C27H29NO4/c1-18(2)32-20-13-11-19(12-14-20)26(15-16-29)28-27(30)31-17-25-23-9-5-3-7-21(23)22-8-4-6-10-24(22)25/h3-14,18,25-26,29H,15-17H2,1-2H3,(H,28,30). The Morgan fingerprint density at radius 2 is 1.53 bits per heavy atom. The van der Waals surface area contributed by atoms with Crippen molar-refractivity contribution in [1.82, 2.24) is 5.32 Å². The van der Waals surface area contributed by atoms with Gasteiger partial charge in [0.15, 0.2) is 0 Å². The highest BCUT2D eigenvalue weighted by atomic mass is 16.5. The van der Waals surface area contributed by atoms with Crippen LogP contribution in [0.3, 0.4) is 0 Å². The van der Waals surface area contributed by atoms with Crippen molar-refractivity contribution < 1.29 is 19.4 Å². The summed E-state index contributed by atoms with van der Waals surface area (Å²) in [5.41, 5.74) is 5.63. The molecule has 0 bridgehead atoms. The first-order valence-corrected chi connectivity index (χ1v) is 11.1. The lowest BCUT2D eigenvalue weighted by atomic mass is 9.98. The molecule has 3 aromatic rings. The summed E-state index contributed by atoms with van der Waals surface area (Å²) in [6, 6.07) is 23.7. The first-order chi connectivity index (χ1) is 15.6. The maximum Gasteiger partial charge on any atom is 0.407 e. The number of carbonyl (C=O) groups excluding carboxylic acids is 1. The molecule has 0 saturated carbocycles. The quantitative estimate of drug-likeness (QED) is 0.499. The number of alkyl carbamates (subject to hydrolysis) is 1. The summed E-state index contributed by atoms with van der Waals surface area (Å²) < 4.78 is 11.3. The fourth-order valence-electron chi connectivity index (χ4n) is 4.28. The molecule has 2 N–H and O–H groups in total. The predicted molar refractivity (Wildman–Crippen MR) is 125 cm³/mol. The summed E-state index contributed by atoms with van der Waals surface area (Å²) in [4.78, 5) is 12.7. The van der Waals surface area contributed by atoms with E-state index < -0.39 is 6.09 Å². The van der Waals surface area contributed by atoms with Crippen molar-refractivity contribution in [2.24, 2.45) is 0 Å². The minimum Gasteiger partial charge on any atom is -0.491 e. The van der Waals surface area contributed by atoms with E-state index >= 15 is 0 Å². The van der Waals surface area contributed by atoms with Crippen molar-refractivity contribution in [3.05, 3.63) is 89.5 Å². The summed E-state index contributed by atoms with van der Waals surface area (Å²) in [5, 5.41) is 12.4. The van der Waals surface area contributed by atoms with Crippen LogP contribution in [0.25, 0.3) is 11.1 Å². The van der Waals surface area contributed by atoms with E-state index in [2.05, 4.69) is 29.6 Å². The summed E-state index contributed by atoms with van der Waals surface area (Å²) >= 11 is 0. The van der Waals surface area contributed by atoms with Crippen LogP contribution < -0.4 is 10.1 Å². The van der Waals surface area contributed by atoms with E-state index in [-0.39, 0.29) is 31.3 Å². The third kappa shape index (κ3) is 4.78. The van der Waals surface area contributed by atoms with Crippen LogP contribution in [0, 0.1) is 0 Å². The van der Waals surface area contributed by atoms with Crippen LogP contribution in [0.2, 0.25) is 0 Å². The highest BCUT2D eigenvalue weighted by Gasteiger charge is 2.29. The maximum absolute atomic E-state index is 12.7. The smallest absolute Gasteiger partial charge is 0.407 e. The molecule has 3 aromatic carbocycles. The molecule has 1 atom stereocenters. The number of carbonyl (C=O) groups is 1. The molecule has 5 nitrogen and oxygen atoms in total. The zero-order valence-corrected chi connectivity index (χ0v) is 18.5. The zero-order chi connectivity index (χ0) is 22.5. The second-order valence-electron chi connectivity index (χ2n) is 8.27. The van der Waals surface area contributed by atoms with Gasteiger partial charge in [0.2, 0.25) is 0 Å². The van der Waals surface area contributed by atoms with E-state index in [1.807, 2.05) is 62.4 Å². The number of hydrogen-bond donors (Lipinski definition) is 2. The van der Waals surface area contributed by atoms with Crippen molar-refractivity contribution in [3.63, 3.8) is 0 Å². The van der Waals surface area contributed by atoms with Crippen LogP contribution in [0.15, 0.2) is 72.8 Å². The van der Waals surface area contributed by atoms with Crippen molar-refractivity contribution in [2.75, 3.05) is 13.2 Å². The van der Waals surface area contributed by atoms with E-state index in [0.717, 1.165) is 11.3 Å². The van der Waals surface area contributed by atoms with Crippen molar-refractivity contribution in [2.45, 2.75) is 38.3 Å². The van der Waals surface area contributed by atoms with Crippen molar-refractivity contribution in [3.8, 4) is 16.9 Å². The van der Waals surface area contributed by atoms with E-state index in [1.54, 1.807) is 0 Å². The van der Waals surface area contributed by atoms with E-state index in [9.17, 15) is 9.90 Å². The van der Waals surface area contributed by atoms with Crippen LogP contribution >= 0.6 is 0 Å². The summed E-state index contributed by atoms with van der Waals surface area (Å²) in [6.07, 6.45) is -0.00458. The molecule has 5 heteroatoms. The van der Waals surface area contributed by atoms with Crippen LogP contribution in [-0.4, -0.2) is 30.5 Å². The lowest BCUT2D eigenvalue weighted by molar-refractivity contribution is 0.136. The lowest BCUT2D eigenvalue weighted by Crippen LogP contribution is -2.31. The van der Waals surface area contributed by atoms with Crippen LogP contribution in [-0.2, 0) is 4.74 Å². The average Bonchev–Trinajstić information content (AvgIpc) is 3.11. The Bertz CT molecular complexity index is 1020. The number of rotatable bonds is 8. The molecule has 32 heavy (non-hydrogen) atoms. The van der Waals surface area contributed by atoms with Gasteiger partial charge in [0.05, 0.1) is 12.1 Å². The number of fused-ring (bicyclic) bond motifs is 3. The normalized spacial score (nSPS) is 13.4. The van der Waals surface area contributed by atoms with Gasteiger partial charge in [-0.25, -0.2) is 4.79 Å². The number of benzene rings is 3. The Morgan fingerprint density at radius 1 is 0.938 bits per heavy atom. The minimum absolute atomic E-state index is 0.0110. The second-order valence-corrected chi connectivity index (χ2v) is 8.27. The average molecular weight is 432 g/mol. The third-order valence-electron chi connectivity index (χ3n) is 5.71. The molecular formula is C27H29NO4. The Balaban J connectivity index is 1.42. The molecule has 1 aliphatic carbocycles. The number of nitrogens with one attached hydrogen (secondary N) is 1. The highest BCUT2D eigenvalue weighted by molar-refractivity contribution is 5.79. The highest BCUT2D eigenvalue weighted by Crippen LogP contribution is 2.44. The molecule has 0 radical (unpaired) electrons. The largest absolute Gasteiger partial charge is 0.491 e. The number of aliphatic hydroxyl groups is 1. The Kier molecular flexibility index (Phi) is 6.76. The van der Waals surface area contributed by atoms with Gasteiger partial charge in [-0.1, -0.05) is 60.7 Å². The van der Waals surface area contributed by atoms with E-state index in [4.69, 9.17) is 9.47 Å². The van der Waals surface area contributed by atoms with Gasteiger partial charge in [-0.3, -0.25) is 0 Å². The van der Waals surface area contributed by atoms with Gasteiger partial charge in [-0.2, -0.15) is 0 Å². The predicted octanol–water partition coefficient (Wildman–Crippen LogP) is 5.44. The maximum atomic E-state index is 12.7. The lowest BCUT2D eigenvalue weighted by Gasteiger charge is -2.20. The molecule has 166 valence electrons. The van der Waals surface area contributed by atoms with Gasteiger partial charge in [0, 0.05) is 12.5 Å². The fourth-order valence-corrected chi connectivity index (χ4v) is 4.28. The Hall–Kier alpha value is -3.31. The first kappa shape index (κ1) is 21.9. The van der Waals surface area contributed by atoms with Crippen molar-refractivity contribution in [1.29, 1.82) is 0 Å². The Labute approximate surface area is 189 Å². The van der Waals surface area contributed by atoms with Crippen LogP contribution in [0.4, 0.5) is 4.79 Å². The number of aliphatic hydroxyl groups excluding tert-OH is 1. The molecule has 1 amide bonds. The van der Waals surface area contributed by atoms with E-state index in [0.29, 0.717) is 6.42 Å². The SMILES string of the molecule is CC(C)Oc1ccc(C(CCO)NC(=O)OCC2c3ccccc3-c3ccccc32)cc1. The molecule has 0 spiro atoms. The molecule has 4 rings (SSSR count). The van der Waals surface area contributed by atoms with Gasteiger partial charge >= 0.3 is 6.09 Å². The third-order valence-corrected chi connectivity index (χ3v) is 5.71. The molecule has 0 saturated heterocycles. The molecule has 1 unspecified atom stereocenters. The first-order valence-electron chi connectivity index (χ1n) is 11.1. The molecule has 0 heterocycles. The van der Waals surface area contributed by atoms with Gasteiger partial charge in [0.25, 0.3) is 0 Å². The van der Waals surface area contributed by atoms with Crippen LogP contribution in [0.5, 0.6) is 5.75 Å². The van der Waals surface area contributed by atoms with Gasteiger partial charge in [-0.15, -0.1) is 0 Å². The molecule has 0 aromatic heterocycles. The van der Waals surface area contributed by atoms with E-state index in [1.165, 1.54) is 22.3 Å². The molecule has 0 aliphatic heterocycles. The monoisotopic (exact) mass is 431 g/mol. The molecule has 0 fully saturated rings. The van der Waals surface area contributed by atoms with Gasteiger partial charge in [-0.05, 0) is 60.2 Å². The number of amides is 1. The van der Waals surface area contributed by atoms with Crippen LogP contribution in [0.1, 0.15) is 48.9 Å². The number of ether oxygens (including phenoxy) is 2.